The van der Waals surface area contributed by atoms with Crippen LogP contribution < -0.4 is 5.32 Å². The number of rotatable bonds is 6. The van der Waals surface area contributed by atoms with Gasteiger partial charge >= 0.3 is 12.0 Å². The monoisotopic (exact) mass is 400 g/mol. The number of esters is 1. The van der Waals surface area contributed by atoms with Gasteiger partial charge in [-0.15, -0.1) is 0 Å². The van der Waals surface area contributed by atoms with Crippen LogP contribution in [0.15, 0.2) is 29.5 Å². The Morgan fingerprint density at radius 1 is 1.27 bits per heavy atom. The molecule has 1 atom stereocenters. The van der Waals surface area contributed by atoms with Crippen LogP contribution in [-0.2, 0) is 14.3 Å². The van der Waals surface area contributed by atoms with Gasteiger partial charge in [-0.05, 0) is 38.5 Å². The normalized spacial score (nSPS) is 17.6. The van der Waals surface area contributed by atoms with Gasteiger partial charge in [0.1, 0.15) is 6.61 Å². The highest BCUT2D eigenvalue weighted by Gasteiger charge is 2.37. The van der Waals surface area contributed by atoms with Gasteiger partial charge in [0.15, 0.2) is 0 Å². The zero-order chi connectivity index (χ0) is 19.4. The Bertz CT molecular complexity index is 734. The van der Waals surface area contributed by atoms with Crippen LogP contribution in [0.3, 0.4) is 0 Å². The summed E-state index contributed by atoms with van der Waals surface area (Å²) < 4.78 is 10.2. The number of methoxy groups -OCH3 is 1. The lowest BCUT2D eigenvalue weighted by molar-refractivity contribution is -0.140. The second-order valence-electron chi connectivity index (χ2n) is 6.15. The molecule has 1 heterocycles. The van der Waals surface area contributed by atoms with E-state index in [1.54, 1.807) is 25.1 Å². The fourth-order valence-corrected chi connectivity index (χ4v) is 3.19. The average Bonchev–Trinajstić information content (AvgIpc) is 2.56. The van der Waals surface area contributed by atoms with Crippen molar-refractivity contribution in [3.05, 3.63) is 45.1 Å². The maximum Gasteiger partial charge on any atom is 0.338 e. The number of ether oxygens (including phenoxy) is 2. The molecule has 1 N–H and O–H groups in total. The summed E-state index contributed by atoms with van der Waals surface area (Å²) in [5.74, 6) is -0.513. The first-order valence-electron chi connectivity index (χ1n) is 8.19. The zero-order valence-corrected chi connectivity index (χ0v) is 16.6. The fourth-order valence-electron chi connectivity index (χ4n) is 2.88. The van der Waals surface area contributed by atoms with Crippen molar-refractivity contribution in [2.75, 3.05) is 20.3 Å². The molecule has 0 unspecified atom stereocenters. The highest BCUT2D eigenvalue weighted by atomic mass is 35.5. The van der Waals surface area contributed by atoms with E-state index >= 15 is 0 Å². The summed E-state index contributed by atoms with van der Waals surface area (Å²) in [7, 11) is 1.53. The lowest BCUT2D eigenvalue weighted by Crippen LogP contribution is -2.50. The lowest BCUT2D eigenvalue weighted by Gasteiger charge is -2.37. The van der Waals surface area contributed by atoms with Crippen molar-refractivity contribution in [1.82, 2.24) is 10.2 Å². The fraction of sp³-hybridized carbons (Fsp3) is 0.444. The number of benzene rings is 1. The number of allylic oxidation sites excluding steroid dienone is 1. The molecule has 1 aromatic rings. The van der Waals surface area contributed by atoms with Gasteiger partial charge in [-0.25, -0.2) is 9.59 Å². The van der Waals surface area contributed by atoms with E-state index in [1.165, 1.54) is 12.0 Å². The molecule has 6 nitrogen and oxygen atoms in total. The highest BCUT2D eigenvalue weighted by Crippen LogP contribution is 2.34. The molecule has 0 fully saturated rings. The Morgan fingerprint density at radius 3 is 2.54 bits per heavy atom. The molecule has 0 saturated heterocycles. The molecule has 2 rings (SSSR count). The number of amides is 2. The van der Waals surface area contributed by atoms with Crippen molar-refractivity contribution < 1.29 is 19.1 Å². The van der Waals surface area contributed by atoms with Crippen LogP contribution >= 0.6 is 23.2 Å². The smallest absolute Gasteiger partial charge is 0.338 e. The molecular formula is C18H22Cl2N2O4. The number of nitrogens with zero attached hydrogens (tertiary/aromatic N) is 1. The summed E-state index contributed by atoms with van der Waals surface area (Å²) in [6.45, 7) is 5.88. The summed E-state index contributed by atoms with van der Waals surface area (Å²) in [5, 5.41) is 3.59. The first kappa shape index (κ1) is 20.6. The second-order valence-corrected chi connectivity index (χ2v) is 6.96. The Morgan fingerprint density at radius 2 is 1.96 bits per heavy atom. The predicted molar refractivity (Wildman–Crippen MR) is 100 cm³/mol. The van der Waals surface area contributed by atoms with Crippen molar-refractivity contribution in [1.29, 1.82) is 0 Å². The molecule has 0 saturated carbocycles. The van der Waals surface area contributed by atoms with E-state index in [9.17, 15) is 9.59 Å². The third-order valence-electron chi connectivity index (χ3n) is 4.06. The number of halogens is 2. The van der Waals surface area contributed by atoms with E-state index in [0.29, 0.717) is 26.9 Å². The molecule has 0 spiro atoms. The summed E-state index contributed by atoms with van der Waals surface area (Å²) in [5.41, 5.74) is 1.55. The van der Waals surface area contributed by atoms with Crippen LogP contribution in [0.4, 0.5) is 4.79 Å². The molecule has 0 bridgehead atoms. The van der Waals surface area contributed by atoms with Crippen molar-refractivity contribution >= 4 is 35.2 Å². The number of carbonyl (C=O) groups excluding carboxylic acids is 2. The van der Waals surface area contributed by atoms with Gasteiger partial charge in [0.25, 0.3) is 0 Å². The van der Waals surface area contributed by atoms with Crippen molar-refractivity contribution in [3.8, 4) is 0 Å². The molecule has 8 heteroatoms. The summed E-state index contributed by atoms with van der Waals surface area (Å²) >= 11 is 12.1. The molecule has 0 radical (unpaired) electrons. The summed E-state index contributed by atoms with van der Waals surface area (Å²) in [6, 6.07) is 3.90. The Labute approximate surface area is 163 Å². The largest absolute Gasteiger partial charge is 0.460 e. The van der Waals surface area contributed by atoms with Crippen LogP contribution in [0.5, 0.6) is 0 Å². The van der Waals surface area contributed by atoms with Gasteiger partial charge in [-0.2, -0.15) is 0 Å². The van der Waals surface area contributed by atoms with E-state index in [0.717, 1.165) is 0 Å². The van der Waals surface area contributed by atoms with Gasteiger partial charge in [-0.1, -0.05) is 29.3 Å². The topological polar surface area (TPSA) is 67.9 Å². The predicted octanol–water partition coefficient (Wildman–Crippen LogP) is 3.93. The van der Waals surface area contributed by atoms with Crippen molar-refractivity contribution in [2.24, 2.45) is 0 Å². The van der Waals surface area contributed by atoms with Crippen LogP contribution in [0.1, 0.15) is 32.4 Å². The van der Waals surface area contributed by atoms with E-state index in [1.807, 2.05) is 13.8 Å². The van der Waals surface area contributed by atoms with E-state index < -0.39 is 12.0 Å². The second kappa shape index (κ2) is 8.75. The molecule has 1 aliphatic rings. The third kappa shape index (κ3) is 4.31. The number of urea groups is 1. The number of nitrogens with one attached hydrogen (secondary N) is 1. The minimum Gasteiger partial charge on any atom is -0.460 e. The van der Waals surface area contributed by atoms with E-state index in [-0.39, 0.29) is 25.3 Å². The Balaban J connectivity index is 2.48. The lowest BCUT2D eigenvalue weighted by atomic mass is 9.94. The quantitative estimate of drug-likeness (QED) is 0.579. The van der Waals surface area contributed by atoms with Gasteiger partial charge in [0.2, 0.25) is 0 Å². The molecule has 0 aromatic heterocycles. The van der Waals surface area contributed by atoms with Crippen LogP contribution in [0.25, 0.3) is 0 Å². The molecule has 142 valence electrons. The van der Waals surface area contributed by atoms with Crippen LogP contribution in [-0.4, -0.2) is 43.3 Å². The standard InChI is InChI=1S/C18H22Cl2N2O4/c1-10(2)22-11(3)15(17(23)26-8-7-25-4)16(21-18(22)24)12-5-6-13(19)14(20)9-12/h5-6,9-10,16H,7-8H2,1-4H3,(H,21,24)/t16-/m1/s1. The minimum absolute atomic E-state index is 0.119. The highest BCUT2D eigenvalue weighted by molar-refractivity contribution is 6.42. The first-order chi connectivity index (χ1) is 12.3. The van der Waals surface area contributed by atoms with Gasteiger partial charge in [0, 0.05) is 18.8 Å². The molecule has 1 aromatic carbocycles. The van der Waals surface area contributed by atoms with Crippen LogP contribution in [0.2, 0.25) is 10.0 Å². The SMILES string of the molecule is COCCOC(=O)C1=C(C)N(C(C)C)C(=O)N[C@@H]1c1ccc(Cl)c(Cl)c1. The van der Waals surface area contributed by atoms with E-state index in [2.05, 4.69) is 5.32 Å². The average molecular weight is 401 g/mol. The maximum atomic E-state index is 12.7. The number of hydrogen-bond acceptors (Lipinski definition) is 4. The summed E-state index contributed by atoms with van der Waals surface area (Å²) in [4.78, 5) is 26.8. The summed E-state index contributed by atoms with van der Waals surface area (Å²) in [6.07, 6.45) is 0. The Kier molecular flexibility index (Phi) is 6.92. The molecule has 26 heavy (non-hydrogen) atoms. The van der Waals surface area contributed by atoms with Crippen molar-refractivity contribution in [3.63, 3.8) is 0 Å². The molecule has 0 aliphatic carbocycles. The van der Waals surface area contributed by atoms with Gasteiger partial charge in [-0.3, -0.25) is 4.90 Å². The minimum atomic E-state index is -0.678. The van der Waals surface area contributed by atoms with Crippen LogP contribution in [0, 0.1) is 0 Å². The Hall–Kier alpha value is -1.76. The number of carbonyl (C=O) groups is 2. The van der Waals surface area contributed by atoms with Gasteiger partial charge < -0.3 is 14.8 Å². The van der Waals surface area contributed by atoms with Crippen molar-refractivity contribution in [2.45, 2.75) is 32.9 Å². The molecule has 1 aliphatic heterocycles. The zero-order valence-electron chi connectivity index (χ0n) is 15.1. The molecule has 2 amide bonds. The maximum absolute atomic E-state index is 12.7. The number of hydrogen-bond donors (Lipinski definition) is 1. The molecular weight excluding hydrogens is 379 g/mol. The third-order valence-corrected chi connectivity index (χ3v) is 4.80. The van der Waals surface area contributed by atoms with Gasteiger partial charge in [0.05, 0.1) is 28.3 Å². The first-order valence-corrected chi connectivity index (χ1v) is 8.95. The van der Waals surface area contributed by atoms with E-state index in [4.69, 9.17) is 32.7 Å².